The van der Waals surface area contributed by atoms with E-state index in [0.29, 0.717) is 11.4 Å². The van der Waals surface area contributed by atoms with Crippen molar-refractivity contribution < 1.29 is 22.7 Å². The summed E-state index contributed by atoms with van der Waals surface area (Å²) < 4.78 is 41.7. The van der Waals surface area contributed by atoms with Gasteiger partial charge in [-0.2, -0.15) is 13.2 Å². The van der Waals surface area contributed by atoms with Crippen molar-refractivity contribution in [3.8, 4) is 5.75 Å². The standard InChI is InChI=1S/C18H17F3N2O2/c1-25-16-8-5-13(6-9-16)7-10-17(24)23-15-4-2-3-14(11-15)22-12-18(19,20)21/h2-11,22H,12H2,1H3,(H,23,24)/b10-7+. The molecule has 7 heteroatoms. The third-order valence-corrected chi connectivity index (χ3v) is 3.17. The van der Waals surface area contributed by atoms with Crippen LogP contribution >= 0.6 is 0 Å². The van der Waals surface area contributed by atoms with Crippen LogP contribution in [0.5, 0.6) is 5.75 Å². The average Bonchev–Trinajstić information content (AvgIpc) is 2.58. The van der Waals surface area contributed by atoms with E-state index in [1.807, 2.05) is 0 Å². The van der Waals surface area contributed by atoms with Crippen LogP contribution < -0.4 is 15.4 Å². The van der Waals surface area contributed by atoms with Crippen LogP contribution in [-0.2, 0) is 4.79 Å². The summed E-state index contributed by atoms with van der Waals surface area (Å²) in [6.07, 6.45) is -1.33. The first-order valence-corrected chi connectivity index (χ1v) is 7.39. The molecule has 0 heterocycles. The highest BCUT2D eigenvalue weighted by Gasteiger charge is 2.26. The minimum atomic E-state index is -4.31. The van der Waals surface area contributed by atoms with Gasteiger partial charge in [-0.25, -0.2) is 0 Å². The van der Waals surface area contributed by atoms with E-state index in [9.17, 15) is 18.0 Å². The van der Waals surface area contributed by atoms with Crippen LogP contribution in [0.3, 0.4) is 0 Å². The Morgan fingerprint density at radius 2 is 1.80 bits per heavy atom. The average molecular weight is 350 g/mol. The summed E-state index contributed by atoms with van der Waals surface area (Å²) in [7, 11) is 1.57. The number of benzene rings is 2. The lowest BCUT2D eigenvalue weighted by Crippen LogP contribution is -2.21. The number of ether oxygens (including phenoxy) is 1. The molecule has 132 valence electrons. The summed E-state index contributed by atoms with van der Waals surface area (Å²) in [5.41, 5.74) is 1.49. The van der Waals surface area contributed by atoms with Gasteiger partial charge in [0.25, 0.3) is 0 Å². The lowest BCUT2D eigenvalue weighted by molar-refractivity contribution is -0.115. The zero-order chi connectivity index (χ0) is 18.3. The fraction of sp³-hybridized carbons (Fsp3) is 0.167. The minimum absolute atomic E-state index is 0.272. The first-order chi connectivity index (χ1) is 11.9. The number of halogens is 3. The van der Waals surface area contributed by atoms with Gasteiger partial charge in [0.1, 0.15) is 12.3 Å². The van der Waals surface area contributed by atoms with Crippen molar-refractivity contribution >= 4 is 23.4 Å². The smallest absolute Gasteiger partial charge is 0.405 e. The lowest BCUT2D eigenvalue weighted by Gasteiger charge is -2.10. The van der Waals surface area contributed by atoms with Crippen molar-refractivity contribution in [1.82, 2.24) is 0 Å². The highest BCUT2D eigenvalue weighted by Crippen LogP contribution is 2.19. The molecule has 0 aliphatic rings. The highest BCUT2D eigenvalue weighted by atomic mass is 19.4. The second-order valence-corrected chi connectivity index (χ2v) is 5.15. The molecule has 0 fully saturated rings. The Balaban J connectivity index is 1.94. The summed E-state index contributed by atoms with van der Waals surface area (Å²) in [4.78, 5) is 11.9. The van der Waals surface area contributed by atoms with Crippen LogP contribution in [0.25, 0.3) is 6.08 Å². The Bertz CT molecular complexity index is 741. The number of alkyl halides is 3. The van der Waals surface area contributed by atoms with Gasteiger partial charge in [-0.15, -0.1) is 0 Å². The molecule has 0 aliphatic heterocycles. The molecule has 0 bridgehead atoms. The number of carbonyl (C=O) groups excluding carboxylic acids is 1. The van der Waals surface area contributed by atoms with E-state index in [4.69, 9.17) is 4.74 Å². The summed E-state index contributed by atoms with van der Waals surface area (Å²) in [6.45, 7) is -1.14. The molecule has 0 saturated heterocycles. The molecule has 0 atom stereocenters. The highest BCUT2D eigenvalue weighted by molar-refractivity contribution is 6.02. The molecule has 0 radical (unpaired) electrons. The molecule has 2 aromatic rings. The number of amides is 1. The van der Waals surface area contributed by atoms with Crippen molar-refractivity contribution in [3.63, 3.8) is 0 Å². The van der Waals surface area contributed by atoms with Gasteiger partial charge >= 0.3 is 6.18 Å². The quantitative estimate of drug-likeness (QED) is 0.763. The van der Waals surface area contributed by atoms with Crippen LogP contribution in [0.2, 0.25) is 0 Å². The number of rotatable bonds is 6. The third kappa shape index (κ3) is 6.58. The van der Waals surface area contributed by atoms with Gasteiger partial charge in [0.05, 0.1) is 7.11 Å². The monoisotopic (exact) mass is 350 g/mol. The molecule has 1 amide bonds. The number of methoxy groups -OCH3 is 1. The third-order valence-electron chi connectivity index (χ3n) is 3.17. The Labute approximate surface area is 143 Å². The summed E-state index contributed by atoms with van der Waals surface area (Å²) in [5.74, 6) is 0.327. The number of hydrogen-bond acceptors (Lipinski definition) is 3. The van der Waals surface area contributed by atoms with Crippen molar-refractivity contribution in [3.05, 3.63) is 60.2 Å². The number of hydrogen-bond donors (Lipinski definition) is 2. The molecule has 2 aromatic carbocycles. The second kappa shape index (κ2) is 8.23. The molecule has 25 heavy (non-hydrogen) atoms. The van der Waals surface area contributed by atoms with Gasteiger partial charge in [0.15, 0.2) is 0 Å². The first-order valence-electron chi connectivity index (χ1n) is 7.39. The Kier molecular flexibility index (Phi) is 6.05. The fourth-order valence-corrected chi connectivity index (χ4v) is 1.98. The van der Waals surface area contributed by atoms with Gasteiger partial charge in [-0.3, -0.25) is 4.79 Å². The normalized spacial score (nSPS) is 11.4. The molecule has 0 aromatic heterocycles. The molecular weight excluding hydrogens is 333 g/mol. The lowest BCUT2D eigenvalue weighted by atomic mass is 10.2. The van der Waals surface area contributed by atoms with E-state index >= 15 is 0 Å². The second-order valence-electron chi connectivity index (χ2n) is 5.15. The predicted molar refractivity (Wildman–Crippen MR) is 91.6 cm³/mol. The van der Waals surface area contributed by atoms with Crippen LogP contribution in [-0.4, -0.2) is 25.7 Å². The maximum absolute atomic E-state index is 12.2. The van der Waals surface area contributed by atoms with Gasteiger partial charge in [0, 0.05) is 17.5 Å². The zero-order valence-corrected chi connectivity index (χ0v) is 13.4. The van der Waals surface area contributed by atoms with Gasteiger partial charge in [0.2, 0.25) is 5.91 Å². The van der Waals surface area contributed by atoms with E-state index in [-0.39, 0.29) is 11.6 Å². The van der Waals surface area contributed by atoms with Crippen LogP contribution in [0.15, 0.2) is 54.6 Å². The number of nitrogens with one attached hydrogen (secondary N) is 2. The van der Waals surface area contributed by atoms with Crippen molar-refractivity contribution in [2.45, 2.75) is 6.18 Å². The molecule has 0 spiro atoms. The SMILES string of the molecule is COc1ccc(/C=C/C(=O)Nc2cccc(NCC(F)(F)F)c2)cc1. The van der Waals surface area contributed by atoms with Crippen LogP contribution in [0, 0.1) is 0 Å². The number of carbonyl (C=O) groups is 1. The first kappa shape index (κ1) is 18.4. The van der Waals surface area contributed by atoms with Gasteiger partial charge < -0.3 is 15.4 Å². The van der Waals surface area contributed by atoms with Crippen LogP contribution in [0.1, 0.15) is 5.56 Å². The van der Waals surface area contributed by atoms with Gasteiger partial charge in [-0.05, 0) is 42.0 Å². The Morgan fingerprint density at radius 3 is 2.44 bits per heavy atom. The minimum Gasteiger partial charge on any atom is -0.497 e. The van der Waals surface area contributed by atoms with E-state index < -0.39 is 12.7 Å². The topological polar surface area (TPSA) is 50.4 Å². The maximum Gasteiger partial charge on any atom is 0.405 e. The molecular formula is C18H17F3N2O2. The Hall–Kier alpha value is -2.96. The number of anilines is 2. The fourth-order valence-electron chi connectivity index (χ4n) is 1.98. The van der Waals surface area contributed by atoms with Crippen LogP contribution in [0.4, 0.5) is 24.5 Å². The molecule has 2 rings (SSSR count). The van der Waals surface area contributed by atoms with Gasteiger partial charge in [-0.1, -0.05) is 18.2 Å². The van der Waals surface area contributed by atoms with Crippen molar-refractivity contribution in [1.29, 1.82) is 0 Å². The predicted octanol–water partition coefficient (Wildman–Crippen LogP) is 4.32. The Morgan fingerprint density at radius 1 is 1.12 bits per heavy atom. The van der Waals surface area contributed by atoms with Crippen molar-refractivity contribution in [2.75, 3.05) is 24.3 Å². The van der Waals surface area contributed by atoms with E-state index in [0.717, 1.165) is 5.56 Å². The van der Waals surface area contributed by atoms with E-state index in [2.05, 4.69) is 10.6 Å². The van der Waals surface area contributed by atoms with E-state index in [1.165, 1.54) is 18.2 Å². The molecule has 2 N–H and O–H groups in total. The van der Waals surface area contributed by atoms with E-state index in [1.54, 1.807) is 49.6 Å². The maximum atomic E-state index is 12.2. The molecule has 0 saturated carbocycles. The van der Waals surface area contributed by atoms with Crippen molar-refractivity contribution in [2.24, 2.45) is 0 Å². The summed E-state index contributed by atoms with van der Waals surface area (Å²) in [6, 6.07) is 13.2. The zero-order valence-electron chi connectivity index (χ0n) is 13.4. The molecule has 0 aliphatic carbocycles. The molecule has 0 unspecified atom stereocenters. The molecule has 4 nitrogen and oxygen atoms in total. The summed E-state index contributed by atoms with van der Waals surface area (Å²) >= 11 is 0. The summed E-state index contributed by atoms with van der Waals surface area (Å²) in [5, 5.41) is 4.86. The largest absolute Gasteiger partial charge is 0.497 e.